The summed E-state index contributed by atoms with van der Waals surface area (Å²) in [6, 6.07) is 10.5. The van der Waals surface area contributed by atoms with E-state index < -0.39 is 5.82 Å². The van der Waals surface area contributed by atoms with E-state index >= 15 is 0 Å². The van der Waals surface area contributed by atoms with E-state index in [-0.39, 0.29) is 23.2 Å². The van der Waals surface area contributed by atoms with Crippen molar-refractivity contribution in [3.8, 4) is 5.75 Å². The Balaban J connectivity index is 0.000000354. The first-order valence-corrected chi connectivity index (χ1v) is 11.9. The normalized spacial score (nSPS) is 17.0. The van der Waals surface area contributed by atoms with Gasteiger partial charge in [0.1, 0.15) is 11.6 Å². The highest BCUT2D eigenvalue weighted by Crippen LogP contribution is 2.31. The third kappa shape index (κ3) is 8.89. The van der Waals surface area contributed by atoms with E-state index in [1.165, 1.54) is 32.3 Å². The SMILES string of the molecule is CC(=O)c1cccc(Br)c1F.CCC1CCC(C(=O)Nc2ccc(C)c(OC)c2)CC1.CO. The Bertz CT molecular complexity index is 911. The van der Waals surface area contributed by atoms with Gasteiger partial charge in [-0.3, -0.25) is 9.59 Å². The van der Waals surface area contributed by atoms with Gasteiger partial charge in [-0.05, 0) is 85.1 Å². The van der Waals surface area contributed by atoms with Crippen LogP contribution in [-0.2, 0) is 4.79 Å². The molecule has 0 heterocycles. The molecule has 0 unspecified atom stereocenters. The molecule has 7 heteroatoms. The van der Waals surface area contributed by atoms with Gasteiger partial charge in [-0.25, -0.2) is 4.39 Å². The average Bonchev–Trinajstić information content (AvgIpc) is 2.83. The number of carbonyl (C=O) groups excluding carboxylic acids is 2. The molecule has 182 valence electrons. The Morgan fingerprint density at radius 2 is 1.79 bits per heavy atom. The highest BCUT2D eigenvalue weighted by atomic mass is 79.9. The average molecular weight is 524 g/mol. The van der Waals surface area contributed by atoms with Crippen LogP contribution in [0.4, 0.5) is 10.1 Å². The van der Waals surface area contributed by atoms with E-state index in [2.05, 4.69) is 28.2 Å². The summed E-state index contributed by atoms with van der Waals surface area (Å²) in [7, 11) is 2.65. The number of carbonyl (C=O) groups is 2. The highest BCUT2D eigenvalue weighted by molar-refractivity contribution is 9.10. The van der Waals surface area contributed by atoms with Crippen LogP contribution >= 0.6 is 15.9 Å². The molecule has 3 rings (SSSR count). The minimum atomic E-state index is -0.486. The van der Waals surface area contributed by atoms with Crippen LogP contribution in [0, 0.1) is 24.6 Å². The standard InChI is InChI=1S/C17H25NO2.C8H6BrFO.CH4O/c1-4-13-6-8-14(9-7-13)17(19)18-15-10-5-12(2)16(11-15)20-3;1-5(11)6-3-2-4-7(9)8(6)10;1-2/h5,10-11,13-14H,4,6-9H2,1-3H3,(H,18,19);2-4H,1H3;2H,1H3. The number of nitrogens with one attached hydrogen (secondary N) is 1. The number of hydrogen-bond donors (Lipinski definition) is 2. The summed E-state index contributed by atoms with van der Waals surface area (Å²) in [6.07, 6.45) is 5.65. The van der Waals surface area contributed by atoms with Crippen molar-refractivity contribution in [3.05, 3.63) is 57.8 Å². The number of amides is 1. The zero-order valence-electron chi connectivity index (χ0n) is 20.1. The predicted molar refractivity (Wildman–Crippen MR) is 134 cm³/mol. The molecule has 2 aromatic carbocycles. The molecule has 2 aromatic rings. The highest BCUT2D eigenvalue weighted by Gasteiger charge is 2.25. The number of Topliss-reactive ketones (excluding diaryl/α,β-unsaturated/α-hetero) is 1. The number of rotatable bonds is 5. The van der Waals surface area contributed by atoms with Crippen molar-refractivity contribution in [2.75, 3.05) is 19.5 Å². The molecule has 0 spiro atoms. The Labute approximate surface area is 204 Å². The van der Waals surface area contributed by atoms with Crippen LogP contribution in [0.3, 0.4) is 0 Å². The van der Waals surface area contributed by atoms with Crippen molar-refractivity contribution in [1.29, 1.82) is 0 Å². The number of aliphatic hydroxyl groups excluding tert-OH is 1. The lowest BCUT2D eigenvalue weighted by Gasteiger charge is -2.27. The summed E-state index contributed by atoms with van der Waals surface area (Å²) < 4.78 is 18.6. The summed E-state index contributed by atoms with van der Waals surface area (Å²) >= 11 is 2.99. The first kappa shape index (κ1) is 28.8. The fourth-order valence-corrected chi connectivity index (χ4v) is 4.12. The van der Waals surface area contributed by atoms with E-state index in [0.29, 0.717) is 4.47 Å². The zero-order valence-corrected chi connectivity index (χ0v) is 21.7. The molecule has 33 heavy (non-hydrogen) atoms. The van der Waals surface area contributed by atoms with Crippen molar-refractivity contribution in [1.82, 2.24) is 0 Å². The van der Waals surface area contributed by atoms with Crippen molar-refractivity contribution in [2.45, 2.75) is 52.9 Å². The second-order valence-corrected chi connectivity index (χ2v) is 8.81. The van der Waals surface area contributed by atoms with E-state index in [9.17, 15) is 14.0 Å². The third-order valence-corrected chi connectivity index (χ3v) is 6.41. The number of aryl methyl sites for hydroxylation is 1. The zero-order chi connectivity index (χ0) is 25.0. The van der Waals surface area contributed by atoms with E-state index in [1.807, 2.05) is 25.1 Å². The monoisotopic (exact) mass is 523 g/mol. The smallest absolute Gasteiger partial charge is 0.227 e. The number of hydrogen-bond acceptors (Lipinski definition) is 4. The van der Waals surface area contributed by atoms with Gasteiger partial charge in [-0.1, -0.05) is 25.5 Å². The molecule has 0 bridgehead atoms. The van der Waals surface area contributed by atoms with Crippen LogP contribution in [0.25, 0.3) is 0 Å². The second kappa shape index (κ2) is 14.8. The van der Waals surface area contributed by atoms with Crippen LogP contribution in [0.5, 0.6) is 5.75 Å². The lowest BCUT2D eigenvalue weighted by atomic mass is 9.80. The summed E-state index contributed by atoms with van der Waals surface area (Å²) in [6.45, 7) is 5.57. The fraction of sp³-hybridized carbons (Fsp3) is 0.462. The van der Waals surface area contributed by atoms with Gasteiger partial charge in [0.25, 0.3) is 0 Å². The van der Waals surface area contributed by atoms with Crippen LogP contribution in [0.1, 0.15) is 61.9 Å². The third-order valence-electron chi connectivity index (χ3n) is 5.80. The summed E-state index contributed by atoms with van der Waals surface area (Å²) in [5.41, 5.74) is 2.03. The van der Waals surface area contributed by atoms with Gasteiger partial charge in [0.2, 0.25) is 5.91 Å². The number of aliphatic hydroxyl groups is 1. The molecule has 5 nitrogen and oxygen atoms in total. The Hall–Kier alpha value is -2.25. The number of ketones is 1. The summed E-state index contributed by atoms with van der Waals surface area (Å²) in [5.74, 6) is 1.22. The molecule has 2 N–H and O–H groups in total. The lowest BCUT2D eigenvalue weighted by Crippen LogP contribution is -2.27. The lowest BCUT2D eigenvalue weighted by molar-refractivity contribution is -0.121. The molecule has 0 aliphatic heterocycles. The van der Waals surface area contributed by atoms with Gasteiger partial charge in [0.05, 0.1) is 17.1 Å². The Kier molecular flexibility index (Phi) is 12.9. The molecule has 1 saturated carbocycles. The van der Waals surface area contributed by atoms with E-state index in [0.717, 1.165) is 42.9 Å². The fourth-order valence-electron chi connectivity index (χ4n) is 3.75. The van der Waals surface area contributed by atoms with Crippen molar-refractivity contribution >= 4 is 33.3 Å². The maximum Gasteiger partial charge on any atom is 0.227 e. The summed E-state index contributed by atoms with van der Waals surface area (Å²) in [5, 5.41) is 10.0. The molecule has 1 amide bonds. The molecular weight excluding hydrogens is 489 g/mol. The van der Waals surface area contributed by atoms with Crippen molar-refractivity contribution in [3.63, 3.8) is 0 Å². The second-order valence-electron chi connectivity index (χ2n) is 7.96. The van der Waals surface area contributed by atoms with Gasteiger partial charge in [0.15, 0.2) is 5.78 Å². The van der Waals surface area contributed by atoms with Gasteiger partial charge in [0, 0.05) is 24.8 Å². The quantitative estimate of drug-likeness (QED) is 0.435. The minimum Gasteiger partial charge on any atom is -0.496 e. The van der Waals surface area contributed by atoms with Crippen LogP contribution < -0.4 is 10.1 Å². The number of methoxy groups -OCH3 is 1. The molecule has 0 atom stereocenters. The number of benzene rings is 2. The number of anilines is 1. The van der Waals surface area contributed by atoms with Crippen LogP contribution in [-0.4, -0.2) is 31.0 Å². The Morgan fingerprint density at radius 1 is 1.15 bits per heavy atom. The molecule has 0 aromatic heterocycles. The van der Waals surface area contributed by atoms with Crippen molar-refractivity contribution in [2.24, 2.45) is 11.8 Å². The molecule has 1 aliphatic rings. The minimum absolute atomic E-state index is 0.124. The molecular formula is C26H35BrFNO4. The van der Waals surface area contributed by atoms with Gasteiger partial charge in [-0.15, -0.1) is 0 Å². The maximum atomic E-state index is 13.0. The van der Waals surface area contributed by atoms with E-state index in [1.54, 1.807) is 19.2 Å². The summed E-state index contributed by atoms with van der Waals surface area (Å²) in [4.78, 5) is 23.1. The van der Waals surface area contributed by atoms with E-state index in [4.69, 9.17) is 9.84 Å². The number of ether oxygens (including phenoxy) is 1. The first-order valence-electron chi connectivity index (χ1n) is 11.1. The van der Waals surface area contributed by atoms with Gasteiger partial charge >= 0.3 is 0 Å². The van der Waals surface area contributed by atoms with Crippen LogP contribution in [0.15, 0.2) is 40.9 Å². The van der Waals surface area contributed by atoms with Crippen molar-refractivity contribution < 1.29 is 23.8 Å². The van der Waals surface area contributed by atoms with Crippen LogP contribution in [0.2, 0.25) is 0 Å². The largest absolute Gasteiger partial charge is 0.496 e. The molecule has 0 saturated heterocycles. The number of halogens is 2. The Morgan fingerprint density at radius 3 is 2.30 bits per heavy atom. The van der Waals surface area contributed by atoms with Gasteiger partial charge < -0.3 is 15.2 Å². The molecule has 1 aliphatic carbocycles. The topological polar surface area (TPSA) is 75.6 Å². The maximum absolute atomic E-state index is 13.0. The van der Waals surface area contributed by atoms with Gasteiger partial charge in [-0.2, -0.15) is 0 Å². The molecule has 1 fully saturated rings. The predicted octanol–water partition coefficient (Wildman–Crippen LogP) is 6.56. The molecule has 0 radical (unpaired) electrons. The first-order chi connectivity index (χ1) is 15.8.